The van der Waals surface area contributed by atoms with Gasteiger partial charge in [0.05, 0.1) is 11.4 Å². The average molecular weight is 499 g/mol. The normalized spacial score (nSPS) is 14.3. The van der Waals surface area contributed by atoms with Gasteiger partial charge >= 0.3 is 0 Å². The maximum absolute atomic E-state index is 12.4. The number of aromatic nitrogens is 4. The molecule has 3 heterocycles. The van der Waals surface area contributed by atoms with Crippen molar-refractivity contribution in [1.82, 2.24) is 24.6 Å². The van der Waals surface area contributed by atoms with Crippen molar-refractivity contribution < 1.29 is 22.7 Å². The van der Waals surface area contributed by atoms with Crippen LogP contribution in [0.5, 0.6) is 11.6 Å². The third-order valence-electron chi connectivity index (χ3n) is 5.81. The number of ether oxygens (including phenoxy) is 1. The van der Waals surface area contributed by atoms with Crippen molar-refractivity contribution in [3.8, 4) is 17.4 Å². The molecule has 35 heavy (non-hydrogen) atoms. The zero-order chi connectivity index (χ0) is 25.2. The topological polar surface area (TPSA) is 136 Å². The molecule has 0 aliphatic carbocycles. The van der Waals surface area contributed by atoms with Gasteiger partial charge in [-0.1, -0.05) is 0 Å². The maximum Gasteiger partial charge on any atom is 0.234 e. The Bertz CT molecular complexity index is 1350. The molecule has 1 aliphatic rings. The molecule has 184 valence electrons. The van der Waals surface area contributed by atoms with Gasteiger partial charge in [-0.05, 0) is 57.0 Å². The van der Waals surface area contributed by atoms with Crippen LogP contribution in [0.25, 0.3) is 5.82 Å². The third-order valence-corrected chi connectivity index (χ3v) is 7.08. The number of piperidine rings is 1. The number of likely N-dealkylation sites (tertiary alicyclic amines) is 1. The zero-order valence-corrected chi connectivity index (χ0v) is 20.5. The molecule has 1 aromatic carbocycles. The van der Waals surface area contributed by atoms with E-state index >= 15 is 0 Å². The molecule has 2 aromatic heterocycles. The summed E-state index contributed by atoms with van der Waals surface area (Å²) >= 11 is 0. The molecule has 0 atom stereocenters. The van der Waals surface area contributed by atoms with Crippen LogP contribution in [0.2, 0.25) is 0 Å². The average Bonchev–Trinajstić information content (AvgIpc) is 3.07. The summed E-state index contributed by atoms with van der Waals surface area (Å²) in [6.45, 7) is 5.72. The molecule has 0 radical (unpaired) electrons. The molecule has 12 heteroatoms. The first-order chi connectivity index (χ1) is 16.6. The second-order valence-electron chi connectivity index (χ2n) is 8.26. The van der Waals surface area contributed by atoms with Crippen molar-refractivity contribution in [3.05, 3.63) is 53.6 Å². The van der Waals surface area contributed by atoms with Crippen molar-refractivity contribution >= 4 is 27.5 Å². The fourth-order valence-electron chi connectivity index (χ4n) is 3.65. The maximum atomic E-state index is 12.4. The molecule has 0 spiro atoms. The molecule has 0 unspecified atom stereocenters. The molecular formula is C23H26N6O5S. The lowest BCUT2D eigenvalue weighted by atomic mass is 10.1. The van der Waals surface area contributed by atoms with Crippen molar-refractivity contribution in [2.75, 3.05) is 17.0 Å². The molecule has 3 aromatic rings. The number of benzene rings is 1. The van der Waals surface area contributed by atoms with E-state index in [0.717, 1.165) is 21.9 Å². The van der Waals surface area contributed by atoms with Gasteiger partial charge in [0.1, 0.15) is 12.1 Å². The van der Waals surface area contributed by atoms with E-state index in [0.29, 0.717) is 29.6 Å². The molecule has 2 amide bonds. The van der Waals surface area contributed by atoms with E-state index in [1.807, 2.05) is 20.8 Å². The van der Waals surface area contributed by atoms with Crippen LogP contribution < -0.4 is 9.46 Å². The first-order valence-electron chi connectivity index (χ1n) is 11.1. The quantitative estimate of drug-likeness (QED) is 0.468. The number of amides is 2. The van der Waals surface area contributed by atoms with Crippen molar-refractivity contribution in [2.45, 2.75) is 40.0 Å². The summed E-state index contributed by atoms with van der Waals surface area (Å²) in [5, 5.41) is 4.49. The van der Waals surface area contributed by atoms with Crippen molar-refractivity contribution in [1.29, 1.82) is 0 Å². The van der Waals surface area contributed by atoms with E-state index in [2.05, 4.69) is 19.8 Å². The molecule has 1 N–H and O–H groups in total. The Morgan fingerprint density at radius 2 is 1.71 bits per heavy atom. The van der Waals surface area contributed by atoms with Crippen LogP contribution in [0.4, 0.5) is 5.69 Å². The van der Waals surface area contributed by atoms with Crippen molar-refractivity contribution in [2.24, 2.45) is 0 Å². The predicted molar refractivity (Wildman–Crippen MR) is 128 cm³/mol. The number of carbonyl (C=O) groups excluding carboxylic acids is 2. The SMILES string of the molecule is Cc1nn(-c2cc(Oc3ccc(NS(=O)(=O)CCN4C(=O)CCCC4=O)cc3)ncn2)c(C)c1C. The summed E-state index contributed by atoms with van der Waals surface area (Å²) in [5.74, 6) is 0.283. The second kappa shape index (κ2) is 9.82. The summed E-state index contributed by atoms with van der Waals surface area (Å²) < 4.78 is 34.9. The first-order valence-corrected chi connectivity index (χ1v) is 12.7. The van der Waals surface area contributed by atoms with Gasteiger partial charge in [0, 0.05) is 36.8 Å². The minimum absolute atomic E-state index is 0.168. The summed E-state index contributed by atoms with van der Waals surface area (Å²) in [5.41, 5.74) is 3.29. The summed E-state index contributed by atoms with van der Waals surface area (Å²) in [6.07, 6.45) is 2.41. The lowest BCUT2D eigenvalue weighted by molar-refractivity contribution is -0.147. The van der Waals surface area contributed by atoms with E-state index in [9.17, 15) is 18.0 Å². The highest BCUT2D eigenvalue weighted by Gasteiger charge is 2.27. The zero-order valence-electron chi connectivity index (χ0n) is 19.7. The Hall–Kier alpha value is -3.80. The van der Waals surface area contributed by atoms with E-state index in [4.69, 9.17) is 4.74 Å². The molecule has 11 nitrogen and oxygen atoms in total. The van der Waals surface area contributed by atoms with E-state index in [1.165, 1.54) is 6.33 Å². The van der Waals surface area contributed by atoms with Crippen molar-refractivity contribution in [3.63, 3.8) is 0 Å². The van der Waals surface area contributed by atoms with Crippen LogP contribution in [0.1, 0.15) is 36.2 Å². The van der Waals surface area contributed by atoms with Gasteiger partial charge in [0.15, 0.2) is 5.82 Å². The number of hydrogen-bond donors (Lipinski definition) is 1. The summed E-state index contributed by atoms with van der Waals surface area (Å²) in [6, 6.07) is 7.97. The van der Waals surface area contributed by atoms with Gasteiger partial charge in [0.2, 0.25) is 27.7 Å². The number of rotatable bonds is 8. The van der Waals surface area contributed by atoms with E-state index in [1.54, 1.807) is 35.0 Å². The Balaban J connectivity index is 1.39. The Labute approximate surface area is 203 Å². The number of nitrogens with zero attached hydrogens (tertiary/aromatic N) is 5. The molecule has 0 bridgehead atoms. The number of carbonyl (C=O) groups is 2. The number of sulfonamides is 1. The Morgan fingerprint density at radius 3 is 2.34 bits per heavy atom. The van der Waals surface area contributed by atoms with Crippen LogP contribution in [-0.2, 0) is 19.6 Å². The van der Waals surface area contributed by atoms with Gasteiger partial charge in [-0.3, -0.25) is 19.2 Å². The standard InChI is InChI=1S/C23H26N6O5S/c1-15-16(2)26-29(17(15)3)20-13-21(25-14-24-20)34-19-9-7-18(8-10-19)27-35(32,33)12-11-28-22(30)5-4-6-23(28)31/h7-10,13-14,27H,4-6,11-12H2,1-3H3. The van der Waals surface area contributed by atoms with Gasteiger partial charge in [-0.25, -0.2) is 23.1 Å². The van der Waals surface area contributed by atoms with E-state index < -0.39 is 10.0 Å². The third kappa shape index (κ3) is 5.65. The smallest absolute Gasteiger partial charge is 0.234 e. The fourth-order valence-corrected chi connectivity index (χ4v) is 4.67. The lowest BCUT2D eigenvalue weighted by Gasteiger charge is -2.24. The molecule has 1 fully saturated rings. The van der Waals surface area contributed by atoms with Crippen LogP contribution in [0, 0.1) is 20.8 Å². The highest BCUT2D eigenvalue weighted by atomic mass is 32.2. The minimum atomic E-state index is -3.76. The monoisotopic (exact) mass is 498 g/mol. The number of aryl methyl sites for hydroxylation is 1. The first kappa shape index (κ1) is 24.3. The van der Waals surface area contributed by atoms with Crippen LogP contribution in [-0.4, -0.2) is 57.2 Å². The highest BCUT2D eigenvalue weighted by molar-refractivity contribution is 7.92. The molecular weight excluding hydrogens is 472 g/mol. The molecule has 1 saturated heterocycles. The second-order valence-corrected chi connectivity index (χ2v) is 10.1. The van der Waals surface area contributed by atoms with Crippen LogP contribution in [0.3, 0.4) is 0 Å². The highest BCUT2D eigenvalue weighted by Crippen LogP contribution is 2.24. The lowest BCUT2D eigenvalue weighted by Crippen LogP contribution is -2.43. The predicted octanol–water partition coefficient (Wildman–Crippen LogP) is 2.66. The molecule has 0 saturated carbocycles. The van der Waals surface area contributed by atoms with Gasteiger partial charge < -0.3 is 4.74 Å². The molecule has 1 aliphatic heterocycles. The summed E-state index contributed by atoms with van der Waals surface area (Å²) in [4.78, 5) is 33.1. The minimum Gasteiger partial charge on any atom is -0.439 e. The number of hydrogen-bond acceptors (Lipinski definition) is 8. The fraction of sp³-hybridized carbons (Fsp3) is 0.348. The van der Waals surface area contributed by atoms with E-state index in [-0.39, 0.29) is 37.0 Å². The largest absolute Gasteiger partial charge is 0.439 e. The summed E-state index contributed by atoms with van der Waals surface area (Å²) in [7, 11) is -3.76. The number of nitrogens with one attached hydrogen (secondary N) is 1. The van der Waals surface area contributed by atoms with Crippen LogP contribution in [0.15, 0.2) is 36.7 Å². The molecule has 4 rings (SSSR count). The van der Waals surface area contributed by atoms with Gasteiger partial charge in [-0.15, -0.1) is 0 Å². The Morgan fingerprint density at radius 1 is 1.03 bits per heavy atom. The Kier molecular flexibility index (Phi) is 6.83. The number of anilines is 1. The van der Waals surface area contributed by atoms with Gasteiger partial charge in [0.25, 0.3) is 0 Å². The van der Waals surface area contributed by atoms with Gasteiger partial charge in [-0.2, -0.15) is 5.10 Å². The van der Waals surface area contributed by atoms with Crippen LogP contribution >= 0.6 is 0 Å². The number of imide groups is 1.